The quantitative estimate of drug-likeness (QED) is 0.201. The smallest absolute Gasteiger partial charge is 0.367 e. The van der Waals surface area contributed by atoms with Gasteiger partial charge in [0.1, 0.15) is 11.6 Å². The Bertz CT molecular complexity index is 1720. The molecule has 4 aromatic carbocycles. The van der Waals surface area contributed by atoms with Crippen molar-refractivity contribution in [1.82, 2.24) is 10.2 Å². The molecule has 0 aromatic heterocycles. The molecule has 5 rings (SSSR count). The lowest BCUT2D eigenvalue weighted by Gasteiger charge is -2.37. The molecule has 1 aliphatic rings. The molecule has 238 valence electrons. The second-order valence-corrected chi connectivity index (χ2v) is 10.5. The van der Waals surface area contributed by atoms with Gasteiger partial charge >= 0.3 is 12.2 Å². The van der Waals surface area contributed by atoms with Crippen LogP contribution in [0.1, 0.15) is 31.8 Å². The monoisotopic (exact) mass is 637 g/mol. The van der Waals surface area contributed by atoms with Crippen LogP contribution in [0.25, 0.3) is 0 Å². The van der Waals surface area contributed by atoms with Gasteiger partial charge in [-0.3, -0.25) is 9.59 Å². The van der Waals surface area contributed by atoms with Gasteiger partial charge in [-0.05, 0) is 78.4 Å². The fraction of sp³-hybridized carbons (Fsp3) is 0.182. The number of anilines is 3. The lowest BCUT2D eigenvalue weighted by molar-refractivity contribution is -0.137. The van der Waals surface area contributed by atoms with Crippen molar-refractivity contribution >= 4 is 34.9 Å². The first-order chi connectivity index (χ1) is 22.0. The third-order valence-corrected chi connectivity index (χ3v) is 7.32. The normalized spacial score (nSPS) is 13.2. The van der Waals surface area contributed by atoms with Gasteiger partial charge in [0.15, 0.2) is 0 Å². The summed E-state index contributed by atoms with van der Waals surface area (Å²) in [5.74, 6) is -1.88. The summed E-state index contributed by atoms with van der Waals surface area (Å²) in [6.07, 6.45) is -4.55. The van der Waals surface area contributed by atoms with Crippen LogP contribution in [0.5, 0.6) is 0 Å². The minimum atomic E-state index is -4.55. The van der Waals surface area contributed by atoms with Crippen molar-refractivity contribution in [1.29, 1.82) is 0 Å². The maximum Gasteiger partial charge on any atom is 0.416 e. The van der Waals surface area contributed by atoms with Gasteiger partial charge in [-0.1, -0.05) is 18.2 Å². The van der Waals surface area contributed by atoms with Crippen LogP contribution in [0.15, 0.2) is 91.0 Å². The summed E-state index contributed by atoms with van der Waals surface area (Å²) in [5, 5.41) is 8.02. The molecule has 4 amide bonds. The number of hydrogen-bond donors (Lipinski definition) is 3. The van der Waals surface area contributed by atoms with Crippen molar-refractivity contribution in [2.45, 2.75) is 12.7 Å². The number of nitrogens with one attached hydrogen (secondary N) is 3. The van der Waals surface area contributed by atoms with Crippen molar-refractivity contribution in [3.8, 4) is 0 Å². The number of halogens is 5. The Balaban J connectivity index is 1.30. The molecule has 1 saturated heterocycles. The lowest BCUT2D eigenvalue weighted by Crippen LogP contribution is -2.50. The summed E-state index contributed by atoms with van der Waals surface area (Å²) in [6, 6.07) is 19.2. The number of alkyl halides is 3. The molecular formula is C33H28F5N5O3. The van der Waals surface area contributed by atoms with Gasteiger partial charge in [-0.2, -0.15) is 13.2 Å². The molecule has 13 heteroatoms. The molecular weight excluding hydrogens is 609 g/mol. The van der Waals surface area contributed by atoms with E-state index < -0.39 is 41.2 Å². The molecule has 1 fully saturated rings. The zero-order valence-electron chi connectivity index (χ0n) is 24.2. The average molecular weight is 638 g/mol. The van der Waals surface area contributed by atoms with Crippen LogP contribution >= 0.6 is 0 Å². The van der Waals surface area contributed by atoms with Gasteiger partial charge in [-0.15, -0.1) is 0 Å². The van der Waals surface area contributed by atoms with Crippen LogP contribution in [-0.4, -0.2) is 48.9 Å². The zero-order chi connectivity index (χ0) is 32.8. The Labute approximate surface area is 260 Å². The van der Waals surface area contributed by atoms with E-state index in [4.69, 9.17) is 0 Å². The van der Waals surface area contributed by atoms with Crippen LogP contribution < -0.4 is 20.9 Å². The van der Waals surface area contributed by atoms with E-state index in [1.165, 1.54) is 47.4 Å². The molecule has 0 bridgehead atoms. The Morgan fingerprint density at radius 1 is 0.696 bits per heavy atom. The van der Waals surface area contributed by atoms with E-state index in [0.29, 0.717) is 30.0 Å². The summed E-state index contributed by atoms with van der Waals surface area (Å²) in [5.41, 5.74) is 1.07. The van der Waals surface area contributed by atoms with Crippen molar-refractivity contribution < 1.29 is 36.3 Å². The van der Waals surface area contributed by atoms with E-state index in [0.717, 1.165) is 24.3 Å². The van der Waals surface area contributed by atoms with E-state index in [2.05, 4.69) is 16.0 Å². The molecule has 8 nitrogen and oxygen atoms in total. The fourth-order valence-corrected chi connectivity index (χ4v) is 4.88. The number of amides is 4. The number of hydrogen-bond acceptors (Lipinski definition) is 4. The molecule has 0 atom stereocenters. The molecule has 0 unspecified atom stereocenters. The minimum absolute atomic E-state index is 0.0145. The predicted octanol–water partition coefficient (Wildman–Crippen LogP) is 6.52. The van der Waals surface area contributed by atoms with Crippen molar-refractivity contribution in [2.75, 3.05) is 41.7 Å². The topological polar surface area (TPSA) is 93.8 Å². The summed E-state index contributed by atoms with van der Waals surface area (Å²) >= 11 is 0. The van der Waals surface area contributed by atoms with Gasteiger partial charge in [0.05, 0.1) is 11.1 Å². The highest BCUT2D eigenvalue weighted by molar-refractivity contribution is 6.06. The maximum absolute atomic E-state index is 13.4. The first kappa shape index (κ1) is 31.9. The molecule has 1 heterocycles. The largest absolute Gasteiger partial charge is 0.416 e. The molecule has 1 aliphatic heterocycles. The van der Waals surface area contributed by atoms with Gasteiger partial charge in [0, 0.05) is 55.3 Å². The standard InChI is InChI=1S/C33H28F5N5O3/c34-24-8-4-21(5-9-24)20-39-31(45)28-19-27(40-30(44)22-6-10-25(35)11-7-22)12-13-29(28)42-14-16-43(17-15-42)32(46)41-26-3-1-2-23(18-26)33(36,37)38/h1-13,18-19H,14-17,20H2,(H,39,45)(H,40,44)(H,41,46). The van der Waals surface area contributed by atoms with Gasteiger partial charge in [0.2, 0.25) is 0 Å². The van der Waals surface area contributed by atoms with E-state index in [1.54, 1.807) is 24.3 Å². The van der Waals surface area contributed by atoms with Crippen LogP contribution in [0.4, 0.5) is 43.8 Å². The van der Waals surface area contributed by atoms with Crippen LogP contribution in [0, 0.1) is 11.6 Å². The number of rotatable bonds is 7. The number of nitrogens with zero attached hydrogens (tertiary/aromatic N) is 2. The van der Waals surface area contributed by atoms with E-state index in [9.17, 15) is 36.3 Å². The molecule has 46 heavy (non-hydrogen) atoms. The number of benzene rings is 4. The number of piperazine rings is 1. The number of carbonyl (C=O) groups excluding carboxylic acids is 3. The Hall–Kier alpha value is -5.46. The Kier molecular flexibility index (Phi) is 9.50. The highest BCUT2D eigenvalue weighted by Crippen LogP contribution is 2.31. The van der Waals surface area contributed by atoms with Crippen molar-refractivity contribution in [3.05, 3.63) is 125 Å². The zero-order valence-corrected chi connectivity index (χ0v) is 24.2. The highest BCUT2D eigenvalue weighted by Gasteiger charge is 2.31. The molecule has 4 aromatic rings. The lowest BCUT2D eigenvalue weighted by atomic mass is 10.1. The predicted molar refractivity (Wildman–Crippen MR) is 163 cm³/mol. The van der Waals surface area contributed by atoms with Crippen molar-refractivity contribution in [2.24, 2.45) is 0 Å². The van der Waals surface area contributed by atoms with Gasteiger partial charge in [-0.25, -0.2) is 13.6 Å². The van der Waals surface area contributed by atoms with Crippen LogP contribution in [0.3, 0.4) is 0 Å². The van der Waals surface area contributed by atoms with Crippen LogP contribution in [-0.2, 0) is 12.7 Å². The molecule has 0 aliphatic carbocycles. The Morgan fingerprint density at radius 3 is 1.98 bits per heavy atom. The summed E-state index contributed by atoms with van der Waals surface area (Å²) in [7, 11) is 0. The van der Waals surface area contributed by atoms with E-state index in [1.807, 2.05) is 4.90 Å². The van der Waals surface area contributed by atoms with Gasteiger partial charge in [0.25, 0.3) is 11.8 Å². The summed E-state index contributed by atoms with van der Waals surface area (Å²) in [6.45, 7) is 1.13. The van der Waals surface area contributed by atoms with E-state index in [-0.39, 0.29) is 36.4 Å². The molecule has 0 radical (unpaired) electrons. The number of urea groups is 1. The van der Waals surface area contributed by atoms with Crippen molar-refractivity contribution in [3.63, 3.8) is 0 Å². The first-order valence-electron chi connectivity index (χ1n) is 14.2. The third-order valence-electron chi connectivity index (χ3n) is 7.32. The molecule has 0 saturated carbocycles. The van der Waals surface area contributed by atoms with Gasteiger partial charge < -0.3 is 25.8 Å². The Morgan fingerprint density at radius 2 is 1.33 bits per heavy atom. The average Bonchev–Trinajstić information content (AvgIpc) is 3.04. The van der Waals surface area contributed by atoms with Crippen LogP contribution in [0.2, 0.25) is 0 Å². The van der Waals surface area contributed by atoms with E-state index >= 15 is 0 Å². The fourth-order valence-electron chi connectivity index (χ4n) is 4.88. The minimum Gasteiger partial charge on any atom is -0.367 e. The second-order valence-electron chi connectivity index (χ2n) is 10.5. The highest BCUT2D eigenvalue weighted by atomic mass is 19.4. The molecule has 3 N–H and O–H groups in total. The summed E-state index contributed by atoms with van der Waals surface area (Å²) < 4.78 is 65.9. The molecule has 0 spiro atoms. The maximum atomic E-state index is 13.4. The first-order valence-corrected chi connectivity index (χ1v) is 14.2. The second kappa shape index (κ2) is 13.7. The SMILES string of the molecule is O=C(Nc1ccc(N2CCN(C(=O)Nc3cccc(C(F)(F)F)c3)CC2)c(C(=O)NCc2ccc(F)cc2)c1)c1ccc(F)cc1. The summed E-state index contributed by atoms with van der Waals surface area (Å²) in [4.78, 5) is 42.4. The number of carbonyl (C=O) groups is 3. The third kappa shape index (κ3) is 7.97.